The van der Waals surface area contributed by atoms with Gasteiger partial charge in [0, 0.05) is 44.1 Å². The number of H-pyrrole nitrogens is 1. The number of methoxy groups -OCH3 is 1. The molecule has 1 saturated heterocycles. The molecule has 0 radical (unpaired) electrons. The predicted octanol–water partition coefficient (Wildman–Crippen LogP) is 7.86. The molecule has 10 heteroatoms. The lowest BCUT2D eigenvalue weighted by Crippen LogP contribution is -2.40. The molecular formula is C38H48N8O2. The van der Waals surface area contributed by atoms with Crippen LogP contribution in [0.15, 0.2) is 79.2 Å². The molecule has 10 nitrogen and oxygen atoms in total. The van der Waals surface area contributed by atoms with Crippen LogP contribution in [0.25, 0.3) is 34.0 Å². The Morgan fingerprint density at radius 1 is 1.02 bits per heavy atom. The Bertz CT molecular complexity index is 1860. The Labute approximate surface area is 284 Å². The number of hydrogen-bond donors (Lipinski definition) is 2. The Morgan fingerprint density at radius 3 is 2.54 bits per heavy atom. The molecular weight excluding hydrogens is 600 g/mol. The average molecular weight is 649 g/mol. The number of rotatable bonds is 7. The topological polar surface area (TPSA) is 123 Å². The van der Waals surface area contributed by atoms with Crippen LogP contribution < -0.4 is 5.32 Å². The van der Waals surface area contributed by atoms with Gasteiger partial charge in [0.25, 0.3) is 0 Å². The number of carbonyl (C=O) groups excluding carboxylic acids is 1. The van der Waals surface area contributed by atoms with Crippen molar-refractivity contribution in [1.29, 1.82) is 0 Å². The number of pyridine rings is 1. The molecule has 0 saturated carbocycles. The maximum atomic E-state index is 12.0. The Kier molecular flexibility index (Phi) is 12.0. The van der Waals surface area contributed by atoms with E-state index in [-0.39, 0.29) is 7.12 Å². The second kappa shape index (κ2) is 16.7. The van der Waals surface area contributed by atoms with Gasteiger partial charge in [-0.15, -0.1) is 0 Å². The van der Waals surface area contributed by atoms with Crippen molar-refractivity contribution in [3.05, 3.63) is 102 Å². The second-order valence-corrected chi connectivity index (χ2v) is 11.8. The molecule has 0 amide bonds. The zero-order chi connectivity index (χ0) is 33.9. The lowest BCUT2D eigenvalue weighted by Gasteiger charge is -2.24. The van der Waals surface area contributed by atoms with Crippen LogP contribution in [0.3, 0.4) is 0 Å². The highest BCUT2D eigenvalue weighted by molar-refractivity contribution is 5.88. The van der Waals surface area contributed by atoms with Gasteiger partial charge in [0.1, 0.15) is 11.5 Å². The summed E-state index contributed by atoms with van der Waals surface area (Å²) in [6.07, 6.45) is 16.3. The third-order valence-corrected chi connectivity index (χ3v) is 8.34. The van der Waals surface area contributed by atoms with Crippen molar-refractivity contribution in [3.63, 3.8) is 0 Å². The van der Waals surface area contributed by atoms with Gasteiger partial charge in [-0.05, 0) is 61.8 Å². The zero-order valence-corrected chi connectivity index (χ0v) is 28.6. The number of allylic oxidation sites excluding steroid dienone is 4. The van der Waals surface area contributed by atoms with E-state index >= 15 is 0 Å². The van der Waals surface area contributed by atoms with Gasteiger partial charge < -0.3 is 10.1 Å². The molecule has 1 fully saturated rings. The van der Waals surface area contributed by atoms with Crippen LogP contribution in [0.2, 0.25) is 0 Å². The predicted molar refractivity (Wildman–Crippen MR) is 193 cm³/mol. The lowest BCUT2D eigenvalue weighted by atomic mass is 9.91. The molecule has 4 aromatic heterocycles. The van der Waals surface area contributed by atoms with E-state index in [2.05, 4.69) is 67.8 Å². The first-order chi connectivity index (χ1) is 23.5. The molecule has 2 aliphatic rings. The third-order valence-electron chi connectivity index (χ3n) is 8.34. The summed E-state index contributed by atoms with van der Waals surface area (Å²) in [5, 5.41) is 10.4. The van der Waals surface area contributed by atoms with E-state index in [0.717, 1.165) is 59.1 Å². The summed E-state index contributed by atoms with van der Waals surface area (Å²) in [6.45, 7) is 10.2. The Morgan fingerprint density at radius 2 is 1.83 bits per heavy atom. The highest BCUT2D eigenvalue weighted by Gasteiger charge is 2.23. The lowest BCUT2D eigenvalue weighted by molar-refractivity contribution is 0.0594. The number of esters is 1. The molecule has 2 N–H and O–H groups in total. The standard InChI is InChI=1S/C25H27N3O2.C11H13N5.C2H6.H2/c1-3-9-18-10-7-8-13-20(15-14-18)23-21(19-11-5-4-6-12-19)16-28-17-22(24(29)30-2)26-25(28)27-23;1-7-3-2-4-9(13-7)11-14-10(15-16-11)8-5-12-6-8;1-2;/h4-6,11-18H,3,7-10H2,1-2H3;2-4,8,12H,5-6H2,1H3,(H,14,15,16);1-2H3;1H/b15-14-,20-13+;;;. The molecule has 5 aromatic rings. The summed E-state index contributed by atoms with van der Waals surface area (Å²) in [5.74, 6) is 2.76. The van der Waals surface area contributed by atoms with Crippen LogP contribution in [0, 0.1) is 12.8 Å². The third kappa shape index (κ3) is 8.30. The fourth-order valence-electron chi connectivity index (χ4n) is 5.72. The summed E-state index contributed by atoms with van der Waals surface area (Å²) in [6, 6.07) is 16.1. The number of aromatic amines is 1. The number of nitrogens with one attached hydrogen (secondary N) is 2. The second-order valence-electron chi connectivity index (χ2n) is 11.8. The minimum atomic E-state index is -0.462. The molecule has 252 valence electrons. The van der Waals surface area contributed by atoms with E-state index in [4.69, 9.17) is 9.72 Å². The van der Waals surface area contributed by atoms with E-state index in [1.165, 1.54) is 32.8 Å². The van der Waals surface area contributed by atoms with E-state index < -0.39 is 5.97 Å². The highest BCUT2D eigenvalue weighted by atomic mass is 16.5. The molecule has 0 bridgehead atoms. The maximum absolute atomic E-state index is 12.0. The van der Waals surface area contributed by atoms with Crippen LogP contribution >= 0.6 is 0 Å². The number of aryl methyl sites for hydroxylation is 1. The van der Waals surface area contributed by atoms with Gasteiger partial charge in [-0.2, -0.15) is 5.10 Å². The van der Waals surface area contributed by atoms with Gasteiger partial charge in [-0.1, -0.05) is 81.8 Å². The van der Waals surface area contributed by atoms with Gasteiger partial charge in [0.2, 0.25) is 5.78 Å². The molecule has 1 unspecified atom stereocenters. The SMILES string of the molecule is CC.CCCC1/C=C\C(c2nc3nc(C(=O)OC)cn3cc2-c2ccccc2)=C/CCC1.Cc1cccc(-c2n[nH]c(C3CNC3)n2)n1.[HH]. The molecule has 1 aliphatic carbocycles. The monoisotopic (exact) mass is 648 g/mol. The van der Waals surface area contributed by atoms with Crippen molar-refractivity contribution in [2.75, 3.05) is 20.2 Å². The quantitative estimate of drug-likeness (QED) is 0.171. The van der Waals surface area contributed by atoms with Gasteiger partial charge in [0.05, 0.1) is 12.8 Å². The van der Waals surface area contributed by atoms with Crippen LogP contribution in [-0.2, 0) is 4.74 Å². The number of carbonyl (C=O) groups is 1. The molecule has 48 heavy (non-hydrogen) atoms. The fraction of sp³-hybridized carbons (Fsp3) is 0.368. The first kappa shape index (κ1) is 34.4. The molecule has 1 aliphatic heterocycles. The maximum Gasteiger partial charge on any atom is 0.358 e. The first-order valence-corrected chi connectivity index (χ1v) is 17.0. The normalized spacial score (nSPS) is 17.7. The zero-order valence-electron chi connectivity index (χ0n) is 28.6. The molecule has 1 aromatic carbocycles. The van der Waals surface area contributed by atoms with Crippen molar-refractivity contribution >= 4 is 17.3 Å². The summed E-state index contributed by atoms with van der Waals surface area (Å²) in [4.78, 5) is 30.1. The molecule has 0 spiro atoms. The van der Waals surface area contributed by atoms with Gasteiger partial charge in [0.15, 0.2) is 11.5 Å². The summed E-state index contributed by atoms with van der Waals surface area (Å²) >= 11 is 0. The number of hydrogen-bond acceptors (Lipinski definition) is 8. The number of ether oxygens (including phenoxy) is 1. The van der Waals surface area contributed by atoms with Crippen LogP contribution in [0.4, 0.5) is 0 Å². The molecule has 1 atom stereocenters. The number of nitrogens with zero attached hydrogens (tertiary/aromatic N) is 6. The van der Waals surface area contributed by atoms with E-state index in [1.54, 1.807) is 10.6 Å². The van der Waals surface area contributed by atoms with E-state index in [0.29, 0.717) is 23.4 Å². The number of fused-ring (bicyclic) bond motifs is 1. The smallest absolute Gasteiger partial charge is 0.358 e. The Balaban J connectivity index is 0.000000240. The summed E-state index contributed by atoms with van der Waals surface area (Å²) in [7, 11) is 1.36. The van der Waals surface area contributed by atoms with E-state index in [9.17, 15) is 4.79 Å². The van der Waals surface area contributed by atoms with Crippen LogP contribution in [0.5, 0.6) is 0 Å². The first-order valence-electron chi connectivity index (χ1n) is 17.0. The van der Waals surface area contributed by atoms with Crippen molar-refractivity contribution in [1.82, 2.24) is 39.9 Å². The van der Waals surface area contributed by atoms with Crippen molar-refractivity contribution in [3.8, 4) is 22.6 Å². The number of imidazole rings is 1. The van der Waals surface area contributed by atoms with Crippen molar-refractivity contribution in [2.45, 2.75) is 65.7 Å². The Hall–Kier alpha value is -4.96. The number of aromatic nitrogens is 7. The number of benzene rings is 1. The largest absolute Gasteiger partial charge is 0.464 e. The van der Waals surface area contributed by atoms with Crippen molar-refractivity contribution < 1.29 is 11.0 Å². The van der Waals surface area contributed by atoms with Gasteiger partial charge >= 0.3 is 5.97 Å². The summed E-state index contributed by atoms with van der Waals surface area (Å²) in [5.41, 5.74) is 6.16. The average Bonchev–Trinajstić information content (AvgIpc) is 3.74. The fourth-order valence-corrected chi connectivity index (χ4v) is 5.72. The summed E-state index contributed by atoms with van der Waals surface area (Å²) < 4.78 is 6.62. The van der Waals surface area contributed by atoms with Crippen LogP contribution in [-0.4, -0.2) is 60.7 Å². The molecule has 7 rings (SSSR count). The van der Waals surface area contributed by atoms with Gasteiger partial charge in [-0.3, -0.25) is 9.50 Å². The van der Waals surface area contributed by atoms with Crippen molar-refractivity contribution in [2.24, 2.45) is 5.92 Å². The highest BCUT2D eigenvalue weighted by Crippen LogP contribution is 2.32. The van der Waals surface area contributed by atoms with Gasteiger partial charge in [-0.25, -0.2) is 24.7 Å². The van der Waals surface area contributed by atoms with Crippen LogP contribution in [0.1, 0.15) is 87.9 Å². The molecule has 5 heterocycles. The van der Waals surface area contributed by atoms with E-state index in [1.807, 2.05) is 63.4 Å². The minimum Gasteiger partial charge on any atom is -0.464 e. The minimum absolute atomic E-state index is 0.